The molecule has 3 aromatic rings. The van der Waals surface area contributed by atoms with Gasteiger partial charge >= 0.3 is 0 Å². The Morgan fingerprint density at radius 3 is 2.57 bits per heavy atom. The van der Waals surface area contributed by atoms with E-state index in [1.54, 1.807) is 14.2 Å². The number of H-pyrrole nitrogens is 1. The van der Waals surface area contributed by atoms with E-state index in [1.165, 1.54) is 11.1 Å². The minimum atomic E-state index is 0.275. The molecule has 1 aromatic heterocycles. The number of methoxy groups -OCH3 is 2. The fraction of sp³-hybridized carbons (Fsp3) is 0.400. The van der Waals surface area contributed by atoms with E-state index in [4.69, 9.17) is 9.47 Å². The summed E-state index contributed by atoms with van der Waals surface area (Å²) in [4.78, 5) is 18.1. The number of rotatable bonds is 7. The summed E-state index contributed by atoms with van der Waals surface area (Å²) in [6, 6.07) is 14.6. The number of ether oxygens (including phenoxy) is 2. The highest BCUT2D eigenvalue weighted by molar-refractivity contribution is 5.90. The number of aromatic nitrogens is 1. The van der Waals surface area contributed by atoms with Gasteiger partial charge in [0.15, 0.2) is 0 Å². The maximum Gasteiger partial charge on any atom is 0.222 e. The molecule has 0 aliphatic carbocycles. The van der Waals surface area contributed by atoms with Crippen LogP contribution in [0.5, 0.6) is 11.5 Å². The Hall–Kier alpha value is -2.95. The third-order valence-electron chi connectivity index (χ3n) is 6.22. The second-order valence-electron chi connectivity index (χ2n) is 7.99. The molecule has 30 heavy (non-hydrogen) atoms. The first kappa shape index (κ1) is 20.3. The summed E-state index contributed by atoms with van der Waals surface area (Å²) in [5.41, 5.74) is 3.56. The molecule has 2 aromatic carbocycles. The largest absolute Gasteiger partial charge is 0.497 e. The molecule has 0 atom stereocenters. The second-order valence-corrected chi connectivity index (χ2v) is 7.99. The first-order chi connectivity index (χ1) is 14.7. The molecule has 0 bridgehead atoms. The lowest BCUT2D eigenvalue weighted by molar-refractivity contribution is -0.132. The minimum absolute atomic E-state index is 0.275. The van der Waals surface area contributed by atoms with Crippen LogP contribution in [0.2, 0.25) is 0 Å². The Bertz CT molecular complexity index is 988. The van der Waals surface area contributed by atoms with Gasteiger partial charge in [0.25, 0.3) is 0 Å². The Morgan fingerprint density at radius 2 is 1.87 bits per heavy atom. The molecule has 1 aliphatic heterocycles. The predicted octanol–water partition coefficient (Wildman–Crippen LogP) is 4.91. The quantitative estimate of drug-likeness (QED) is 0.606. The van der Waals surface area contributed by atoms with Gasteiger partial charge < -0.3 is 19.4 Å². The first-order valence-corrected chi connectivity index (χ1v) is 10.7. The zero-order chi connectivity index (χ0) is 20.9. The molecular formula is C25H30N2O3. The molecule has 1 fully saturated rings. The van der Waals surface area contributed by atoms with Crippen molar-refractivity contribution in [2.75, 3.05) is 27.3 Å². The van der Waals surface area contributed by atoms with Crippen molar-refractivity contribution in [2.45, 2.75) is 38.0 Å². The zero-order valence-electron chi connectivity index (χ0n) is 17.8. The average molecular weight is 407 g/mol. The standard InChI is InChI=1S/C25H30N2O3/c1-29-21-15-22-20(17-26-25(22)23(16-21)30-2)9-6-10-24(28)27-13-11-19(12-14-27)18-7-4-3-5-8-18/h3-5,7-8,15-17,19,26H,6,9-14H2,1-2H3. The number of nitrogens with one attached hydrogen (secondary N) is 1. The number of fused-ring (bicyclic) bond motifs is 1. The van der Waals surface area contributed by atoms with Gasteiger partial charge in [-0.3, -0.25) is 4.79 Å². The number of piperidine rings is 1. The number of aromatic amines is 1. The summed E-state index contributed by atoms with van der Waals surface area (Å²) in [7, 11) is 3.32. The van der Waals surface area contributed by atoms with Gasteiger partial charge in [0.05, 0.1) is 19.7 Å². The first-order valence-electron chi connectivity index (χ1n) is 10.7. The highest BCUT2D eigenvalue weighted by Gasteiger charge is 2.23. The molecule has 2 heterocycles. The minimum Gasteiger partial charge on any atom is -0.497 e. The van der Waals surface area contributed by atoms with Crippen LogP contribution in [0.3, 0.4) is 0 Å². The Kier molecular flexibility index (Phi) is 6.26. The number of amides is 1. The number of benzene rings is 2. The van der Waals surface area contributed by atoms with Crippen molar-refractivity contribution in [1.82, 2.24) is 9.88 Å². The molecule has 0 spiro atoms. The van der Waals surface area contributed by atoms with Gasteiger partial charge in [0, 0.05) is 37.2 Å². The summed E-state index contributed by atoms with van der Waals surface area (Å²) in [6.45, 7) is 1.72. The van der Waals surface area contributed by atoms with Crippen LogP contribution >= 0.6 is 0 Å². The number of likely N-dealkylation sites (tertiary alicyclic amines) is 1. The van der Waals surface area contributed by atoms with E-state index in [2.05, 4.69) is 35.3 Å². The van der Waals surface area contributed by atoms with Crippen LogP contribution in [0.4, 0.5) is 0 Å². The summed E-state index contributed by atoms with van der Waals surface area (Å²) in [5.74, 6) is 2.40. The molecule has 0 saturated carbocycles. The van der Waals surface area contributed by atoms with Gasteiger partial charge in [0.2, 0.25) is 5.91 Å². The third-order valence-corrected chi connectivity index (χ3v) is 6.22. The van der Waals surface area contributed by atoms with Crippen molar-refractivity contribution >= 4 is 16.8 Å². The summed E-state index contributed by atoms with van der Waals surface area (Å²) in [6.07, 6.45) is 6.40. The SMILES string of the molecule is COc1cc(OC)c2[nH]cc(CCCC(=O)N3CCC(c4ccccc4)CC3)c2c1. The molecule has 1 N–H and O–H groups in total. The normalized spacial score (nSPS) is 14.8. The van der Waals surface area contributed by atoms with Crippen molar-refractivity contribution < 1.29 is 14.3 Å². The van der Waals surface area contributed by atoms with Crippen molar-refractivity contribution in [2.24, 2.45) is 0 Å². The van der Waals surface area contributed by atoms with Crippen molar-refractivity contribution in [3.05, 3.63) is 59.8 Å². The van der Waals surface area contributed by atoms with E-state index in [0.29, 0.717) is 12.3 Å². The van der Waals surface area contributed by atoms with Gasteiger partial charge in [-0.25, -0.2) is 0 Å². The number of hydrogen-bond acceptors (Lipinski definition) is 3. The molecule has 0 radical (unpaired) electrons. The van der Waals surface area contributed by atoms with Crippen molar-refractivity contribution in [3.8, 4) is 11.5 Å². The smallest absolute Gasteiger partial charge is 0.222 e. The highest BCUT2D eigenvalue weighted by atomic mass is 16.5. The summed E-state index contributed by atoms with van der Waals surface area (Å²) >= 11 is 0. The van der Waals surface area contributed by atoms with Gasteiger partial charge in [-0.2, -0.15) is 0 Å². The van der Waals surface area contributed by atoms with E-state index in [9.17, 15) is 4.79 Å². The maximum atomic E-state index is 12.7. The highest BCUT2D eigenvalue weighted by Crippen LogP contribution is 2.33. The summed E-state index contributed by atoms with van der Waals surface area (Å²) < 4.78 is 10.9. The zero-order valence-corrected chi connectivity index (χ0v) is 17.8. The second kappa shape index (κ2) is 9.24. The number of carbonyl (C=O) groups excluding carboxylic acids is 1. The number of aryl methyl sites for hydroxylation is 1. The van der Waals surface area contributed by atoms with Crippen molar-refractivity contribution in [3.63, 3.8) is 0 Å². The van der Waals surface area contributed by atoms with Gasteiger partial charge in [0.1, 0.15) is 11.5 Å². The molecule has 4 rings (SSSR count). The lowest BCUT2D eigenvalue weighted by atomic mass is 9.89. The molecule has 1 aliphatic rings. The Labute approximate surface area is 178 Å². The fourth-order valence-electron chi connectivity index (χ4n) is 4.49. The summed E-state index contributed by atoms with van der Waals surface area (Å²) in [5, 5.41) is 1.10. The molecule has 1 amide bonds. The number of carbonyl (C=O) groups is 1. The maximum absolute atomic E-state index is 12.7. The van der Waals surface area contributed by atoms with Crippen LogP contribution in [0.1, 0.15) is 42.7 Å². The average Bonchev–Trinajstić information content (AvgIpc) is 3.22. The van der Waals surface area contributed by atoms with Crippen LogP contribution in [0.15, 0.2) is 48.7 Å². The molecule has 5 heteroatoms. The van der Waals surface area contributed by atoms with Gasteiger partial charge in [-0.15, -0.1) is 0 Å². The van der Waals surface area contributed by atoms with Crippen LogP contribution in [-0.4, -0.2) is 43.1 Å². The molecular weight excluding hydrogens is 376 g/mol. The van der Waals surface area contributed by atoms with Gasteiger partial charge in [-0.05, 0) is 48.8 Å². The van der Waals surface area contributed by atoms with E-state index in [-0.39, 0.29) is 5.91 Å². The van der Waals surface area contributed by atoms with E-state index in [0.717, 1.165) is 61.2 Å². The van der Waals surface area contributed by atoms with E-state index < -0.39 is 0 Å². The molecule has 1 saturated heterocycles. The monoisotopic (exact) mass is 406 g/mol. The third kappa shape index (κ3) is 4.30. The molecule has 5 nitrogen and oxygen atoms in total. The topological polar surface area (TPSA) is 54.6 Å². The lowest BCUT2D eigenvalue weighted by Crippen LogP contribution is -2.37. The Morgan fingerprint density at radius 1 is 1.10 bits per heavy atom. The number of hydrogen-bond donors (Lipinski definition) is 1. The Balaban J connectivity index is 1.31. The van der Waals surface area contributed by atoms with Crippen LogP contribution in [-0.2, 0) is 11.2 Å². The lowest BCUT2D eigenvalue weighted by Gasteiger charge is -2.32. The van der Waals surface area contributed by atoms with Crippen LogP contribution in [0.25, 0.3) is 10.9 Å². The fourth-order valence-corrected chi connectivity index (χ4v) is 4.49. The van der Waals surface area contributed by atoms with E-state index >= 15 is 0 Å². The van der Waals surface area contributed by atoms with Crippen LogP contribution in [0, 0.1) is 0 Å². The molecule has 0 unspecified atom stereocenters. The number of nitrogens with zero attached hydrogens (tertiary/aromatic N) is 1. The van der Waals surface area contributed by atoms with Gasteiger partial charge in [-0.1, -0.05) is 30.3 Å². The van der Waals surface area contributed by atoms with Crippen LogP contribution < -0.4 is 9.47 Å². The molecule has 158 valence electrons. The van der Waals surface area contributed by atoms with E-state index in [1.807, 2.05) is 23.2 Å². The van der Waals surface area contributed by atoms with Crippen molar-refractivity contribution in [1.29, 1.82) is 0 Å². The predicted molar refractivity (Wildman–Crippen MR) is 119 cm³/mol.